The third-order valence-electron chi connectivity index (χ3n) is 4.17. The number of nitrogens with zero attached hydrogens (tertiary/aromatic N) is 3. The quantitative estimate of drug-likeness (QED) is 0.624. The lowest BCUT2D eigenvalue weighted by Gasteiger charge is -2.20. The molecule has 9 heteroatoms. The Morgan fingerprint density at radius 2 is 1.94 bits per heavy atom. The highest BCUT2D eigenvalue weighted by molar-refractivity contribution is 6.05. The van der Waals surface area contributed by atoms with Gasteiger partial charge in [0.25, 0.3) is 5.91 Å². The number of nitrogens with one attached hydrogen (secondary N) is 2. The molecule has 0 saturated heterocycles. The molecule has 0 aliphatic carbocycles. The molecule has 0 aliphatic rings. The summed E-state index contributed by atoms with van der Waals surface area (Å²) in [5.74, 6) is -0.459. The van der Waals surface area contributed by atoms with Gasteiger partial charge < -0.3 is 10.1 Å². The predicted molar refractivity (Wildman–Crippen MR) is 115 cm³/mol. The second-order valence-corrected chi connectivity index (χ2v) is 7.73. The maximum Gasteiger partial charge on any atom is 0.412 e. The van der Waals surface area contributed by atoms with Crippen molar-refractivity contribution in [2.45, 2.75) is 39.7 Å². The van der Waals surface area contributed by atoms with Gasteiger partial charge in [-0.2, -0.15) is 5.10 Å². The number of rotatable bonds is 5. The van der Waals surface area contributed by atoms with E-state index in [2.05, 4.69) is 20.7 Å². The fraction of sp³-hybridized carbons (Fsp3) is 0.273. The van der Waals surface area contributed by atoms with Crippen molar-refractivity contribution >= 4 is 23.4 Å². The molecular formula is C22H24FN5O3. The zero-order valence-corrected chi connectivity index (χ0v) is 17.8. The number of hydrogen-bond donors (Lipinski definition) is 2. The highest BCUT2D eigenvalue weighted by Crippen LogP contribution is 2.22. The van der Waals surface area contributed by atoms with E-state index in [1.807, 2.05) is 13.0 Å². The lowest BCUT2D eigenvalue weighted by Crippen LogP contribution is -2.27. The fourth-order valence-corrected chi connectivity index (χ4v) is 2.89. The minimum Gasteiger partial charge on any atom is -0.444 e. The summed E-state index contributed by atoms with van der Waals surface area (Å²) in [5, 5.41) is 9.36. The molecule has 2 N–H and O–H groups in total. The molecule has 0 bridgehead atoms. The van der Waals surface area contributed by atoms with Gasteiger partial charge in [0.1, 0.15) is 11.4 Å². The Morgan fingerprint density at radius 1 is 1.16 bits per heavy atom. The van der Waals surface area contributed by atoms with Gasteiger partial charge in [0, 0.05) is 11.9 Å². The average molecular weight is 425 g/mol. The molecule has 0 atom stereocenters. The third-order valence-corrected chi connectivity index (χ3v) is 4.17. The molecule has 2 amide bonds. The van der Waals surface area contributed by atoms with Crippen molar-refractivity contribution in [3.05, 3.63) is 65.9 Å². The topological polar surface area (TPSA) is 98.1 Å². The molecule has 2 heterocycles. The number of halogens is 1. The second-order valence-electron chi connectivity index (χ2n) is 7.73. The number of amides is 2. The van der Waals surface area contributed by atoms with Crippen LogP contribution in [-0.2, 0) is 11.2 Å². The van der Waals surface area contributed by atoms with E-state index in [-0.39, 0.29) is 5.69 Å². The van der Waals surface area contributed by atoms with Crippen LogP contribution >= 0.6 is 0 Å². The van der Waals surface area contributed by atoms with Crippen LogP contribution in [0.5, 0.6) is 0 Å². The molecule has 0 spiro atoms. The van der Waals surface area contributed by atoms with Gasteiger partial charge in [-0.25, -0.2) is 18.9 Å². The van der Waals surface area contributed by atoms with Crippen molar-refractivity contribution in [1.82, 2.24) is 14.8 Å². The number of pyridine rings is 1. The largest absolute Gasteiger partial charge is 0.444 e. The van der Waals surface area contributed by atoms with Crippen LogP contribution in [0.25, 0.3) is 5.82 Å². The summed E-state index contributed by atoms with van der Waals surface area (Å²) in [7, 11) is 0. The van der Waals surface area contributed by atoms with Crippen LogP contribution in [0.1, 0.15) is 43.7 Å². The van der Waals surface area contributed by atoms with Gasteiger partial charge >= 0.3 is 6.09 Å². The number of ether oxygens (including phenoxy) is 1. The van der Waals surface area contributed by atoms with Crippen molar-refractivity contribution < 1.29 is 18.7 Å². The minimum atomic E-state index is -0.792. The van der Waals surface area contributed by atoms with Crippen molar-refractivity contribution in [2.24, 2.45) is 0 Å². The maximum absolute atomic E-state index is 14.1. The van der Waals surface area contributed by atoms with Gasteiger partial charge in [-0.15, -0.1) is 0 Å². The van der Waals surface area contributed by atoms with E-state index in [9.17, 15) is 14.0 Å². The zero-order chi connectivity index (χ0) is 22.6. The van der Waals surface area contributed by atoms with Gasteiger partial charge in [-0.1, -0.05) is 13.0 Å². The minimum absolute atomic E-state index is 0.105. The summed E-state index contributed by atoms with van der Waals surface area (Å²) in [6, 6.07) is 9.31. The lowest BCUT2D eigenvalue weighted by molar-refractivity contribution is 0.0635. The fourth-order valence-electron chi connectivity index (χ4n) is 2.89. The number of hydrogen-bond acceptors (Lipinski definition) is 5. The summed E-state index contributed by atoms with van der Waals surface area (Å²) >= 11 is 0. The SMILES string of the molecule is CCc1c(C(=O)Nc2ccc(F)c(NC(=O)OC(C)(C)C)c2)cnn1-c1ccccn1. The Balaban J connectivity index is 1.80. The number of carbonyl (C=O) groups excluding carboxylic acids is 2. The number of anilines is 2. The van der Waals surface area contributed by atoms with Crippen LogP contribution < -0.4 is 10.6 Å². The van der Waals surface area contributed by atoms with E-state index in [1.165, 1.54) is 18.3 Å². The molecule has 1 aromatic carbocycles. The summed E-state index contributed by atoms with van der Waals surface area (Å²) in [4.78, 5) is 29.1. The van der Waals surface area contributed by atoms with Crippen LogP contribution in [0.2, 0.25) is 0 Å². The van der Waals surface area contributed by atoms with Crippen LogP contribution in [-0.4, -0.2) is 32.4 Å². The summed E-state index contributed by atoms with van der Waals surface area (Å²) < 4.78 is 20.9. The number of benzene rings is 1. The normalized spacial score (nSPS) is 11.1. The van der Waals surface area contributed by atoms with E-state index in [1.54, 1.807) is 43.8 Å². The van der Waals surface area contributed by atoms with E-state index in [4.69, 9.17) is 4.74 Å². The molecular weight excluding hydrogens is 401 g/mol. The average Bonchev–Trinajstić information content (AvgIpc) is 3.14. The molecule has 3 aromatic rings. The van der Waals surface area contributed by atoms with E-state index < -0.39 is 23.4 Å². The van der Waals surface area contributed by atoms with E-state index in [0.29, 0.717) is 29.2 Å². The lowest BCUT2D eigenvalue weighted by atomic mass is 10.2. The highest BCUT2D eigenvalue weighted by Gasteiger charge is 2.20. The Labute approximate surface area is 179 Å². The first-order chi connectivity index (χ1) is 14.7. The first-order valence-electron chi connectivity index (χ1n) is 9.77. The molecule has 0 unspecified atom stereocenters. The van der Waals surface area contributed by atoms with E-state index in [0.717, 1.165) is 6.07 Å². The van der Waals surface area contributed by atoms with Gasteiger partial charge in [0.2, 0.25) is 0 Å². The van der Waals surface area contributed by atoms with Gasteiger partial charge in [0.05, 0.1) is 23.1 Å². The summed E-state index contributed by atoms with van der Waals surface area (Å²) in [6.07, 6.45) is 2.87. The predicted octanol–water partition coefficient (Wildman–Crippen LogP) is 4.57. The van der Waals surface area contributed by atoms with Gasteiger partial charge in [0.15, 0.2) is 5.82 Å². The van der Waals surface area contributed by atoms with Crippen LogP contribution in [0.15, 0.2) is 48.8 Å². The van der Waals surface area contributed by atoms with Crippen molar-refractivity contribution in [1.29, 1.82) is 0 Å². The molecule has 3 rings (SSSR count). The number of aromatic nitrogens is 3. The maximum atomic E-state index is 14.1. The van der Waals surface area contributed by atoms with Crippen LogP contribution in [0, 0.1) is 5.82 Å². The van der Waals surface area contributed by atoms with E-state index >= 15 is 0 Å². The molecule has 0 fully saturated rings. The Hall–Kier alpha value is -3.75. The van der Waals surface area contributed by atoms with Crippen LogP contribution in [0.4, 0.5) is 20.6 Å². The van der Waals surface area contributed by atoms with Gasteiger partial charge in [-0.05, 0) is 57.5 Å². The summed E-state index contributed by atoms with van der Waals surface area (Å²) in [5.41, 5.74) is 0.540. The second kappa shape index (κ2) is 8.95. The monoisotopic (exact) mass is 425 g/mol. The molecule has 2 aromatic heterocycles. The van der Waals surface area contributed by atoms with Crippen molar-refractivity contribution in [2.75, 3.05) is 10.6 Å². The number of carbonyl (C=O) groups is 2. The smallest absolute Gasteiger partial charge is 0.412 e. The molecule has 31 heavy (non-hydrogen) atoms. The Bertz CT molecular complexity index is 1090. The molecule has 0 radical (unpaired) electrons. The molecule has 0 saturated carbocycles. The molecule has 162 valence electrons. The van der Waals surface area contributed by atoms with Crippen LogP contribution in [0.3, 0.4) is 0 Å². The standard InChI is InChI=1S/C22H24FN5O3/c1-5-18-15(13-25-28(18)19-8-6-7-11-24-19)20(29)26-14-9-10-16(23)17(12-14)27-21(30)31-22(2,3)4/h6-13H,5H2,1-4H3,(H,26,29)(H,27,30). The zero-order valence-electron chi connectivity index (χ0n) is 17.8. The first-order valence-corrected chi connectivity index (χ1v) is 9.77. The first kappa shape index (κ1) is 21.9. The van der Waals surface area contributed by atoms with Crippen molar-refractivity contribution in [3.63, 3.8) is 0 Å². The molecule has 8 nitrogen and oxygen atoms in total. The molecule has 0 aliphatic heterocycles. The third kappa shape index (κ3) is 5.44. The summed E-state index contributed by atoms with van der Waals surface area (Å²) in [6.45, 7) is 7.02. The highest BCUT2D eigenvalue weighted by atomic mass is 19.1. The van der Waals surface area contributed by atoms with Gasteiger partial charge in [-0.3, -0.25) is 10.1 Å². The Kier molecular flexibility index (Phi) is 6.33. The Morgan fingerprint density at radius 3 is 2.58 bits per heavy atom. The van der Waals surface area contributed by atoms with Crippen molar-refractivity contribution in [3.8, 4) is 5.82 Å².